The van der Waals surface area contributed by atoms with Crippen molar-refractivity contribution in [3.05, 3.63) is 89.1 Å². The van der Waals surface area contributed by atoms with E-state index in [-0.39, 0.29) is 5.91 Å². The number of aromatic nitrogens is 1. The van der Waals surface area contributed by atoms with Gasteiger partial charge in [-0.2, -0.15) is 0 Å². The summed E-state index contributed by atoms with van der Waals surface area (Å²) in [4.78, 5) is 16.4. The van der Waals surface area contributed by atoms with Crippen LogP contribution in [0.1, 0.15) is 21.5 Å². The lowest BCUT2D eigenvalue weighted by molar-refractivity contribution is 0.0951. The molecule has 0 aliphatic heterocycles. The van der Waals surface area contributed by atoms with E-state index in [1.165, 1.54) is 12.3 Å². The summed E-state index contributed by atoms with van der Waals surface area (Å²) in [6.45, 7) is 2.41. The van der Waals surface area contributed by atoms with Gasteiger partial charge in [0, 0.05) is 30.1 Å². The van der Waals surface area contributed by atoms with Crippen molar-refractivity contribution >= 4 is 17.4 Å². The number of carbonyl (C=O) groups excluding carboxylic acids is 1. The van der Waals surface area contributed by atoms with Gasteiger partial charge >= 0.3 is 0 Å². The van der Waals surface area contributed by atoms with Gasteiger partial charge < -0.3 is 10.6 Å². The number of anilines is 2. The summed E-state index contributed by atoms with van der Waals surface area (Å²) in [6.07, 6.45) is 1.48. The van der Waals surface area contributed by atoms with Crippen molar-refractivity contribution in [3.8, 4) is 0 Å². The van der Waals surface area contributed by atoms with Crippen molar-refractivity contribution in [1.82, 2.24) is 10.3 Å². The Bertz CT molecular complexity index is 927. The summed E-state index contributed by atoms with van der Waals surface area (Å²) < 4.78 is 26.3. The molecule has 0 aliphatic rings. The molecule has 1 amide bonds. The highest BCUT2D eigenvalue weighted by Crippen LogP contribution is 2.18. The molecule has 0 fully saturated rings. The highest BCUT2D eigenvalue weighted by atomic mass is 19.2. The van der Waals surface area contributed by atoms with Gasteiger partial charge in [0.05, 0.1) is 0 Å². The van der Waals surface area contributed by atoms with E-state index in [9.17, 15) is 13.6 Å². The molecule has 0 bridgehead atoms. The van der Waals surface area contributed by atoms with Crippen LogP contribution in [-0.4, -0.2) is 10.9 Å². The summed E-state index contributed by atoms with van der Waals surface area (Å²) in [6, 6.07) is 14.5. The first-order valence-corrected chi connectivity index (χ1v) is 8.03. The minimum Gasteiger partial charge on any atom is -0.348 e. The Morgan fingerprint density at radius 2 is 1.77 bits per heavy atom. The van der Waals surface area contributed by atoms with Gasteiger partial charge in [0.1, 0.15) is 5.82 Å². The third-order valence-corrected chi connectivity index (χ3v) is 3.79. The second-order valence-corrected chi connectivity index (χ2v) is 5.85. The van der Waals surface area contributed by atoms with Crippen LogP contribution in [0.2, 0.25) is 0 Å². The number of nitrogens with zero attached hydrogens (tertiary/aromatic N) is 1. The molecule has 2 aromatic carbocycles. The fourth-order valence-electron chi connectivity index (χ4n) is 2.35. The summed E-state index contributed by atoms with van der Waals surface area (Å²) >= 11 is 0. The molecule has 0 spiro atoms. The predicted molar refractivity (Wildman–Crippen MR) is 96.2 cm³/mol. The van der Waals surface area contributed by atoms with Crippen molar-refractivity contribution in [1.29, 1.82) is 0 Å². The fourth-order valence-corrected chi connectivity index (χ4v) is 2.35. The summed E-state index contributed by atoms with van der Waals surface area (Å²) in [5.74, 6) is -1.77. The number of hydrogen-bond donors (Lipinski definition) is 2. The average Bonchev–Trinajstić information content (AvgIpc) is 2.64. The van der Waals surface area contributed by atoms with Crippen LogP contribution in [0, 0.1) is 18.6 Å². The fraction of sp³-hybridized carbons (Fsp3) is 0.100. The van der Waals surface area contributed by atoms with Gasteiger partial charge in [0.25, 0.3) is 5.91 Å². The molecule has 0 aliphatic carbocycles. The first kappa shape index (κ1) is 17.5. The van der Waals surface area contributed by atoms with Crippen molar-refractivity contribution in [2.75, 3.05) is 5.32 Å². The topological polar surface area (TPSA) is 54.0 Å². The quantitative estimate of drug-likeness (QED) is 0.717. The SMILES string of the molecule is Cc1ccc(CNC(=O)c2ccnc(Nc3ccc(F)c(F)c3)c2)cc1. The Hall–Kier alpha value is -3.28. The number of hydrogen-bond acceptors (Lipinski definition) is 3. The number of nitrogens with one attached hydrogen (secondary N) is 2. The third-order valence-electron chi connectivity index (χ3n) is 3.79. The molecule has 6 heteroatoms. The van der Waals surface area contributed by atoms with E-state index in [1.54, 1.807) is 12.1 Å². The first-order chi connectivity index (χ1) is 12.5. The molecule has 1 aromatic heterocycles. The minimum absolute atomic E-state index is 0.249. The molecule has 1 heterocycles. The zero-order valence-corrected chi connectivity index (χ0v) is 14.1. The number of aryl methyl sites for hydroxylation is 1. The van der Waals surface area contributed by atoms with Gasteiger partial charge in [0.15, 0.2) is 11.6 Å². The Labute approximate surface area is 149 Å². The molecule has 2 N–H and O–H groups in total. The Balaban J connectivity index is 1.66. The zero-order chi connectivity index (χ0) is 18.5. The molecule has 132 valence electrons. The minimum atomic E-state index is -0.956. The van der Waals surface area contributed by atoms with Crippen LogP contribution in [0.3, 0.4) is 0 Å². The molecule has 0 atom stereocenters. The van der Waals surface area contributed by atoms with Crippen LogP contribution in [-0.2, 0) is 6.54 Å². The van der Waals surface area contributed by atoms with Crippen molar-refractivity contribution in [3.63, 3.8) is 0 Å². The molecule has 26 heavy (non-hydrogen) atoms. The molecular formula is C20H17F2N3O. The Morgan fingerprint density at radius 1 is 1.00 bits per heavy atom. The number of pyridine rings is 1. The molecule has 4 nitrogen and oxygen atoms in total. The lowest BCUT2D eigenvalue weighted by Crippen LogP contribution is -2.22. The van der Waals surface area contributed by atoms with Crippen LogP contribution < -0.4 is 10.6 Å². The molecule has 0 unspecified atom stereocenters. The van der Waals surface area contributed by atoms with Crippen LogP contribution in [0.15, 0.2) is 60.8 Å². The van der Waals surface area contributed by atoms with Crippen LogP contribution >= 0.6 is 0 Å². The summed E-state index contributed by atoms with van der Waals surface area (Å²) in [7, 11) is 0. The summed E-state index contributed by atoms with van der Waals surface area (Å²) in [5.41, 5.74) is 2.91. The van der Waals surface area contributed by atoms with Crippen molar-refractivity contribution in [2.45, 2.75) is 13.5 Å². The average molecular weight is 353 g/mol. The van der Waals surface area contributed by atoms with Crippen LogP contribution in [0.4, 0.5) is 20.3 Å². The van der Waals surface area contributed by atoms with E-state index in [2.05, 4.69) is 15.6 Å². The number of amides is 1. The standard InChI is InChI=1S/C20H17F2N3O/c1-13-2-4-14(5-3-13)12-24-20(26)15-8-9-23-19(10-15)25-16-6-7-17(21)18(22)11-16/h2-11H,12H2,1H3,(H,23,25)(H,24,26). The second kappa shape index (κ2) is 7.74. The van der Waals surface area contributed by atoms with Gasteiger partial charge in [-0.25, -0.2) is 13.8 Å². The van der Waals surface area contributed by atoms with Crippen LogP contribution in [0.5, 0.6) is 0 Å². The second-order valence-electron chi connectivity index (χ2n) is 5.85. The number of halogens is 2. The first-order valence-electron chi connectivity index (χ1n) is 8.03. The van der Waals surface area contributed by atoms with Gasteiger partial charge in [0.2, 0.25) is 0 Å². The van der Waals surface area contributed by atoms with Gasteiger partial charge in [-0.3, -0.25) is 4.79 Å². The monoisotopic (exact) mass is 353 g/mol. The van der Waals surface area contributed by atoms with Crippen molar-refractivity contribution < 1.29 is 13.6 Å². The smallest absolute Gasteiger partial charge is 0.251 e. The lowest BCUT2D eigenvalue weighted by atomic mass is 10.1. The highest BCUT2D eigenvalue weighted by molar-refractivity contribution is 5.94. The Kier molecular flexibility index (Phi) is 5.22. The molecule has 3 aromatic rings. The van der Waals surface area contributed by atoms with Gasteiger partial charge in [-0.15, -0.1) is 0 Å². The maximum atomic E-state index is 13.3. The maximum absolute atomic E-state index is 13.3. The van der Waals surface area contributed by atoms with Gasteiger partial charge in [-0.05, 0) is 36.8 Å². The third kappa shape index (κ3) is 4.42. The molecule has 0 radical (unpaired) electrons. The van der Waals surface area contributed by atoms with E-state index in [1.807, 2.05) is 31.2 Å². The number of rotatable bonds is 5. The maximum Gasteiger partial charge on any atom is 0.251 e. The van der Waals surface area contributed by atoms with E-state index in [0.29, 0.717) is 23.6 Å². The molecule has 0 saturated heterocycles. The number of carbonyl (C=O) groups is 1. The highest BCUT2D eigenvalue weighted by Gasteiger charge is 2.08. The predicted octanol–water partition coefficient (Wildman–Crippen LogP) is 4.34. The molecule has 0 saturated carbocycles. The zero-order valence-electron chi connectivity index (χ0n) is 14.1. The van der Waals surface area contributed by atoms with Gasteiger partial charge in [-0.1, -0.05) is 29.8 Å². The Morgan fingerprint density at radius 3 is 2.50 bits per heavy atom. The molecular weight excluding hydrogens is 336 g/mol. The molecule has 3 rings (SSSR count). The van der Waals surface area contributed by atoms with E-state index in [0.717, 1.165) is 23.3 Å². The largest absolute Gasteiger partial charge is 0.348 e. The van der Waals surface area contributed by atoms with Crippen LogP contribution in [0.25, 0.3) is 0 Å². The summed E-state index contributed by atoms with van der Waals surface area (Å²) in [5, 5.41) is 5.69. The van der Waals surface area contributed by atoms with E-state index in [4.69, 9.17) is 0 Å². The lowest BCUT2D eigenvalue weighted by Gasteiger charge is -2.09. The van der Waals surface area contributed by atoms with E-state index >= 15 is 0 Å². The normalized spacial score (nSPS) is 10.4. The number of benzene rings is 2. The van der Waals surface area contributed by atoms with Crippen molar-refractivity contribution in [2.24, 2.45) is 0 Å². The van der Waals surface area contributed by atoms with E-state index < -0.39 is 11.6 Å².